The number of rotatable bonds is 5. The van der Waals surface area contributed by atoms with Gasteiger partial charge in [-0.15, -0.1) is 0 Å². The molecule has 0 amide bonds. The molecule has 2 unspecified atom stereocenters. The minimum absolute atomic E-state index is 0.147. The summed E-state index contributed by atoms with van der Waals surface area (Å²) in [5, 5.41) is 10.2. The van der Waals surface area contributed by atoms with Crippen LogP contribution >= 0.6 is 0 Å². The van der Waals surface area contributed by atoms with Crippen LogP contribution in [0.15, 0.2) is 24.3 Å². The summed E-state index contributed by atoms with van der Waals surface area (Å²) in [4.78, 5) is 0. The molecular weight excluding hydrogens is 217 g/mol. The summed E-state index contributed by atoms with van der Waals surface area (Å²) < 4.78 is 13.1. The molecule has 17 heavy (non-hydrogen) atoms. The van der Waals surface area contributed by atoms with Gasteiger partial charge in [-0.25, -0.2) is 4.39 Å². The Bertz CT molecular complexity index is 365. The van der Waals surface area contributed by atoms with Crippen LogP contribution < -0.4 is 5.73 Å². The van der Waals surface area contributed by atoms with Crippen molar-refractivity contribution in [2.75, 3.05) is 6.54 Å². The molecule has 2 rings (SSSR count). The third-order valence-corrected chi connectivity index (χ3v) is 3.79. The predicted octanol–water partition coefficient (Wildman–Crippen LogP) is 2.42. The van der Waals surface area contributed by atoms with E-state index in [2.05, 4.69) is 0 Å². The highest BCUT2D eigenvalue weighted by Gasteiger charge is 2.26. The van der Waals surface area contributed by atoms with Crippen LogP contribution in [0.4, 0.5) is 4.39 Å². The number of aliphatic hydroxyl groups is 1. The van der Waals surface area contributed by atoms with E-state index < -0.39 is 6.10 Å². The maximum atomic E-state index is 13.1. The average Bonchev–Trinajstić information content (AvgIpc) is 2.25. The second-order valence-electron chi connectivity index (χ2n) is 5.00. The lowest BCUT2D eigenvalue weighted by molar-refractivity contribution is 0.0950. The van der Waals surface area contributed by atoms with Crippen LogP contribution in [0.5, 0.6) is 0 Å². The van der Waals surface area contributed by atoms with Gasteiger partial charge in [-0.1, -0.05) is 31.4 Å². The van der Waals surface area contributed by atoms with E-state index in [1.54, 1.807) is 6.07 Å². The topological polar surface area (TPSA) is 46.2 Å². The molecule has 3 heteroatoms. The average molecular weight is 237 g/mol. The fourth-order valence-corrected chi connectivity index (χ4v) is 2.49. The first-order chi connectivity index (χ1) is 8.20. The molecule has 3 N–H and O–H groups in total. The van der Waals surface area contributed by atoms with Gasteiger partial charge in [-0.3, -0.25) is 0 Å². The first-order valence-corrected chi connectivity index (χ1v) is 6.34. The quantitative estimate of drug-likeness (QED) is 0.826. The van der Waals surface area contributed by atoms with Gasteiger partial charge in [0.25, 0.3) is 0 Å². The minimum atomic E-state index is -0.452. The van der Waals surface area contributed by atoms with E-state index >= 15 is 0 Å². The van der Waals surface area contributed by atoms with Gasteiger partial charge in [0.05, 0.1) is 6.10 Å². The van der Waals surface area contributed by atoms with Crippen molar-refractivity contribution in [2.24, 2.45) is 11.7 Å². The van der Waals surface area contributed by atoms with E-state index in [0.29, 0.717) is 12.5 Å². The van der Waals surface area contributed by atoms with Crippen LogP contribution in [0.25, 0.3) is 0 Å². The van der Waals surface area contributed by atoms with Gasteiger partial charge in [0, 0.05) is 12.5 Å². The maximum Gasteiger partial charge on any atom is 0.123 e. The molecular formula is C14H20FNO. The molecule has 0 saturated heterocycles. The van der Waals surface area contributed by atoms with Crippen molar-refractivity contribution in [1.29, 1.82) is 0 Å². The Hall–Kier alpha value is -0.930. The van der Waals surface area contributed by atoms with Crippen LogP contribution in [0.2, 0.25) is 0 Å². The molecule has 1 aliphatic carbocycles. The monoisotopic (exact) mass is 237 g/mol. The highest BCUT2D eigenvalue weighted by Crippen LogP contribution is 2.33. The van der Waals surface area contributed by atoms with Crippen LogP contribution in [-0.4, -0.2) is 17.8 Å². The van der Waals surface area contributed by atoms with Crippen LogP contribution in [0.3, 0.4) is 0 Å². The molecule has 0 radical (unpaired) electrons. The van der Waals surface area contributed by atoms with Gasteiger partial charge in [0.2, 0.25) is 0 Å². The zero-order chi connectivity index (χ0) is 12.3. The molecule has 94 valence electrons. The van der Waals surface area contributed by atoms with Gasteiger partial charge < -0.3 is 10.8 Å². The number of hydrogen-bond donors (Lipinski definition) is 2. The second-order valence-corrected chi connectivity index (χ2v) is 5.00. The highest BCUT2D eigenvalue weighted by molar-refractivity contribution is 5.22. The summed E-state index contributed by atoms with van der Waals surface area (Å²) >= 11 is 0. The summed E-state index contributed by atoms with van der Waals surface area (Å²) in [6, 6.07) is 6.39. The normalized spacial score (nSPS) is 19.7. The SMILES string of the molecule is NCC(c1cccc(F)c1)C(O)CC1CCC1. The number of halogens is 1. The second kappa shape index (κ2) is 5.61. The molecule has 1 saturated carbocycles. The lowest BCUT2D eigenvalue weighted by Gasteiger charge is -2.31. The first kappa shape index (κ1) is 12.5. The van der Waals surface area contributed by atoms with E-state index in [0.717, 1.165) is 12.0 Å². The Morgan fingerprint density at radius 3 is 2.71 bits per heavy atom. The third kappa shape index (κ3) is 3.05. The van der Waals surface area contributed by atoms with Crippen molar-refractivity contribution in [3.8, 4) is 0 Å². The van der Waals surface area contributed by atoms with Crippen LogP contribution in [0, 0.1) is 11.7 Å². The number of aliphatic hydroxyl groups excluding tert-OH is 1. The van der Waals surface area contributed by atoms with Crippen LogP contribution in [0.1, 0.15) is 37.2 Å². The van der Waals surface area contributed by atoms with Gasteiger partial charge in [-0.2, -0.15) is 0 Å². The maximum absolute atomic E-state index is 13.1. The van der Waals surface area contributed by atoms with Gasteiger partial charge in [0.15, 0.2) is 0 Å². The lowest BCUT2D eigenvalue weighted by atomic mass is 9.78. The summed E-state index contributed by atoms with van der Waals surface area (Å²) in [6.07, 6.45) is 4.02. The molecule has 0 spiro atoms. The molecule has 1 aliphatic rings. The molecule has 2 atom stereocenters. The Labute approximate surface area is 102 Å². The van der Waals surface area contributed by atoms with E-state index in [-0.39, 0.29) is 11.7 Å². The van der Waals surface area contributed by atoms with Crippen LogP contribution in [-0.2, 0) is 0 Å². The summed E-state index contributed by atoms with van der Waals surface area (Å²) in [6.45, 7) is 0.358. The summed E-state index contributed by atoms with van der Waals surface area (Å²) in [7, 11) is 0. The predicted molar refractivity (Wildman–Crippen MR) is 66.2 cm³/mol. The zero-order valence-electron chi connectivity index (χ0n) is 9.98. The van der Waals surface area contributed by atoms with Gasteiger partial charge >= 0.3 is 0 Å². The van der Waals surface area contributed by atoms with Crippen molar-refractivity contribution in [1.82, 2.24) is 0 Å². The third-order valence-electron chi connectivity index (χ3n) is 3.79. The molecule has 2 nitrogen and oxygen atoms in total. The Morgan fingerprint density at radius 1 is 1.41 bits per heavy atom. The minimum Gasteiger partial charge on any atom is -0.392 e. The summed E-state index contributed by atoms with van der Waals surface area (Å²) in [5.74, 6) is 0.218. The van der Waals surface area contributed by atoms with E-state index in [4.69, 9.17) is 5.73 Å². The van der Waals surface area contributed by atoms with Gasteiger partial charge in [0.1, 0.15) is 5.82 Å². The van der Waals surface area contributed by atoms with E-state index in [1.165, 1.54) is 31.4 Å². The fraction of sp³-hybridized carbons (Fsp3) is 0.571. The van der Waals surface area contributed by atoms with Gasteiger partial charge in [-0.05, 0) is 30.0 Å². The lowest BCUT2D eigenvalue weighted by Crippen LogP contribution is -2.29. The standard InChI is InChI=1S/C14H20FNO/c15-12-6-2-5-11(8-12)13(9-16)14(17)7-10-3-1-4-10/h2,5-6,8,10,13-14,17H,1,3-4,7,9,16H2. The van der Waals surface area contributed by atoms with Crippen molar-refractivity contribution in [3.63, 3.8) is 0 Å². The van der Waals surface area contributed by atoms with Crippen molar-refractivity contribution < 1.29 is 9.50 Å². The Morgan fingerprint density at radius 2 is 2.18 bits per heavy atom. The Kier molecular flexibility index (Phi) is 4.13. The van der Waals surface area contributed by atoms with Crippen molar-refractivity contribution in [2.45, 2.75) is 37.7 Å². The Balaban J connectivity index is 2.03. The van der Waals surface area contributed by atoms with Crippen molar-refractivity contribution in [3.05, 3.63) is 35.6 Å². The number of nitrogens with two attached hydrogens (primary N) is 1. The van der Waals surface area contributed by atoms with Crippen molar-refractivity contribution >= 4 is 0 Å². The zero-order valence-corrected chi connectivity index (χ0v) is 9.98. The number of benzene rings is 1. The molecule has 0 heterocycles. The molecule has 0 aliphatic heterocycles. The summed E-state index contributed by atoms with van der Waals surface area (Å²) in [5.41, 5.74) is 6.51. The van der Waals surface area contributed by atoms with E-state index in [1.807, 2.05) is 6.07 Å². The highest BCUT2D eigenvalue weighted by atomic mass is 19.1. The molecule has 0 aromatic heterocycles. The first-order valence-electron chi connectivity index (χ1n) is 6.34. The number of hydrogen-bond acceptors (Lipinski definition) is 2. The largest absolute Gasteiger partial charge is 0.392 e. The molecule has 0 bridgehead atoms. The smallest absolute Gasteiger partial charge is 0.123 e. The fourth-order valence-electron chi connectivity index (χ4n) is 2.49. The van der Waals surface area contributed by atoms with E-state index in [9.17, 15) is 9.50 Å². The molecule has 1 fully saturated rings. The molecule has 1 aromatic rings. The molecule has 1 aromatic carbocycles.